The number of hydrogen-bond acceptors (Lipinski definition) is 4. The number of piperidine rings is 1. The summed E-state index contributed by atoms with van der Waals surface area (Å²) in [5, 5.41) is 4.02. The molecule has 1 aliphatic rings. The van der Waals surface area contributed by atoms with Gasteiger partial charge in [-0.05, 0) is 50.3 Å². The maximum absolute atomic E-state index is 12.2. The van der Waals surface area contributed by atoms with Gasteiger partial charge in [0.1, 0.15) is 0 Å². The number of rotatable bonds is 4. The molecule has 1 aromatic carbocycles. The molecule has 6 heteroatoms. The summed E-state index contributed by atoms with van der Waals surface area (Å²) in [6, 6.07) is 5.85. The minimum atomic E-state index is 0.0598. The van der Waals surface area contributed by atoms with Crippen LogP contribution >= 0.6 is 11.3 Å². The lowest BCUT2D eigenvalue weighted by Gasteiger charge is -2.31. The van der Waals surface area contributed by atoms with Crippen molar-refractivity contribution in [3.05, 3.63) is 23.2 Å². The average Bonchev–Trinajstić information content (AvgIpc) is 2.92. The van der Waals surface area contributed by atoms with Gasteiger partial charge in [0.2, 0.25) is 11.8 Å². The highest BCUT2D eigenvalue weighted by Gasteiger charge is 2.21. The van der Waals surface area contributed by atoms with Crippen LogP contribution in [0, 0.1) is 12.8 Å². The molecule has 24 heavy (non-hydrogen) atoms. The molecule has 128 valence electrons. The summed E-state index contributed by atoms with van der Waals surface area (Å²) in [7, 11) is 0. The van der Waals surface area contributed by atoms with Crippen molar-refractivity contribution < 1.29 is 9.59 Å². The largest absolute Gasteiger partial charge is 0.343 e. The van der Waals surface area contributed by atoms with E-state index in [2.05, 4.69) is 10.3 Å². The van der Waals surface area contributed by atoms with Crippen LogP contribution in [0.3, 0.4) is 0 Å². The molecule has 0 radical (unpaired) electrons. The smallest absolute Gasteiger partial charge is 0.224 e. The van der Waals surface area contributed by atoms with E-state index in [9.17, 15) is 9.59 Å². The number of carbonyl (C=O) groups excluding carboxylic acids is 2. The average molecular weight is 345 g/mol. The van der Waals surface area contributed by atoms with Gasteiger partial charge in [-0.2, -0.15) is 0 Å². The van der Waals surface area contributed by atoms with Gasteiger partial charge in [-0.25, -0.2) is 4.98 Å². The number of nitrogens with one attached hydrogen (secondary N) is 1. The number of aromatic nitrogens is 1. The van der Waals surface area contributed by atoms with Crippen molar-refractivity contribution in [1.82, 2.24) is 9.88 Å². The second kappa shape index (κ2) is 7.30. The van der Waals surface area contributed by atoms with Crippen LogP contribution in [-0.4, -0.2) is 34.8 Å². The van der Waals surface area contributed by atoms with Gasteiger partial charge in [-0.1, -0.05) is 0 Å². The number of carbonyl (C=O) groups is 2. The van der Waals surface area contributed by atoms with Gasteiger partial charge in [0.15, 0.2) is 0 Å². The van der Waals surface area contributed by atoms with E-state index in [0.717, 1.165) is 53.3 Å². The van der Waals surface area contributed by atoms with E-state index >= 15 is 0 Å². The molecule has 2 aromatic rings. The number of benzene rings is 1. The second-order valence-electron chi connectivity index (χ2n) is 6.45. The molecule has 1 N–H and O–H groups in total. The molecule has 0 aliphatic carbocycles. The first-order valence-corrected chi connectivity index (χ1v) is 9.25. The van der Waals surface area contributed by atoms with Gasteiger partial charge in [-0.15, -0.1) is 11.3 Å². The van der Waals surface area contributed by atoms with Crippen molar-refractivity contribution in [3.63, 3.8) is 0 Å². The summed E-state index contributed by atoms with van der Waals surface area (Å²) < 4.78 is 1.10. The molecule has 1 fully saturated rings. The minimum Gasteiger partial charge on any atom is -0.343 e. The van der Waals surface area contributed by atoms with Gasteiger partial charge < -0.3 is 10.2 Å². The highest BCUT2D eigenvalue weighted by Crippen LogP contribution is 2.25. The molecule has 0 saturated carbocycles. The third-order valence-electron chi connectivity index (χ3n) is 4.62. The predicted molar refractivity (Wildman–Crippen MR) is 97.2 cm³/mol. The van der Waals surface area contributed by atoms with Crippen LogP contribution in [0.2, 0.25) is 0 Å². The molecule has 1 aromatic heterocycles. The second-order valence-corrected chi connectivity index (χ2v) is 7.69. The summed E-state index contributed by atoms with van der Waals surface area (Å²) in [6.45, 7) is 5.25. The van der Waals surface area contributed by atoms with Crippen molar-refractivity contribution in [2.45, 2.75) is 39.5 Å². The van der Waals surface area contributed by atoms with Gasteiger partial charge in [-0.3, -0.25) is 9.59 Å². The van der Waals surface area contributed by atoms with E-state index in [4.69, 9.17) is 0 Å². The lowest BCUT2D eigenvalue weighted by Crippen LogP contribution is -2.37. The third kappa shape index (κ3) is 4.12. The lowest BCUT2D eigenvalue weighted by molar-refractivity contribution is -0.130. The first-order chi connectivity index (χ1) is 11.5. The molecule has 0 unspecified atom stereocenters. The molecule has 2 amide bonds. The number of amides is 2. The van der Waals surface area contributed by atoms with Gasteiger partial charge >= 0.3 is 0 Å². The van der Waals surface area contributed by atoms with E-state index in [1.54, 1.807) is 18.3 Å². The van der Waals surface area contributed by atoms with Crippen molar-refractivity contribution in [1.29, 1.82) is 0 Å². The van der Waals surface area contributed by atoms with Crippen molar-refractivity contribution in [3.8, 4) is 0 Å². The zero-order valence-corrected chi connectivity index (χ0v) is 15.0. The maximum atomic E-state index is 12.2. The topological polar surface area (TPSA) is 62.3 Å². The molecule has 3 rings (SSSR count). The highest BCUT2D eigenvalue weighted by atomic mass is 32.1. The van der Waals surface area contributed by atoms with Gasteiger partial charge in [0.25, 0.3) is 0 Å². The summed E-state index contributed by atoms with van der Waals surface area (Å²) in [6.07, 6.45) is 3.42. The SMILES string of the molecule is CC(=O)N1CCC(CCC(=O)Nc2ccc3nc(C)sc3c2)CC1. The van der Waals surface area contributed by atoms with Crippen LogP contribution in [0.1, 0.15) is 37.6 Å². The van der Waals surface area contributed by atoms with Crippen molar-refractivity contribution >= 4 is 39.1 Å². The number of anilines is 1. The molecule has 2 heterocycles. The minimum absolute atomic E-state index is 0.0598. The summed E-state index contributed by atoms with van der Waals surface area (Å²) in [5.41, 5.74) is 1.82. The van der Waals surface area contributed by atoms with E-state index < -0.39 is 0 Å². The Bertz CT molecular complexity index is 748. The van der Waals surface area contributed by atoms with Gasteiger partial charge in [0, 0.05) is 32.1 Å². The number of aryl methyl sites for hydroxylation is 1. The fraction of sp³-hybridized carbons (Fsp3) is 0.500. The predicted octanol–water partition coefficient (Wildman–Crippen LogP) is 3.58. The fourth-order valence-corrected chi connectivity index (χ4v) is 4.08. The van der Waals surface area contributed by atoms with Gasteiger partial charge in [0.05, 0.1) is 15.2 Å². The van der Waals surface area contributed by atoms with E-state index in [1.807, 2.05) is 30.0 Å². The molecule has 0 spiro atoms. The standard InChI is InChI=1S/C18H23N3O2S/c1-12-19-16-5-4-15(11-17(16)24-12)20-18(23)6-3-14-7-9-21(10-8-14)13(2)22/h4-5,11,14H,3,6-10H2,1-2H3,(H,20,23). The van der Waals surface area contributed by atoms with Crippen LogP contribution in [0.15, 0.2) is 18.2 Å². The highest BCUT2D eigenvalue weighted by molar-refractivity contribution is 7.18. The molecular weight excluding hydrogens is 322 g/mol. The number of thiazole rings is 1. The Morgan fingerprint density at radius 3 is 2.79 bits per heavy atom. The Morgan fingerprint density at radius 2 is 2.08 bits per heavy atom. The quantitative estimate of drug-likeness (QED) is 0.921. The van der Waals surface area contributed by atoms with Crippen LogP contribution in [0.4, 0.5) is 5.69 Å². The zero-order valence-electron chi connectivity index (χ0n) is 14.2. The molecule has 5 nitrogen and oxygen atoms in total. The zero-order chi connectivity index (χ0) is 17.1. The lowest BCUT2D eigenvalue weighted by atomic mass is 9.92. The number of fused-ring (bicyclic) bond motifs is 1. The van der Waals surface area contributed by atoms with Crippen LogP contribution in [0.25, 0.3) is 10.2 Å². The third-order valence-corrected chi connectivity index (χ3v) is 5.55. The molecule has 0 atom stereocenters. The summed E-state index contributed by atoms with van der Waals surface area (Å²) in [4.78, 5) is 29.8. The Morgan fingerprint density at radius 1 is 1.33 bits per heavy atom. The van der Waals surface area contributed by atoms with Crippen molar-refractivity contribution in [2.24, 2.45) is 5.92 Å². The Balaban J connectivity index is 1.47. The number of likely N-dealkylation sites (tertiary alicyclic amines) is 1. The summed E-state index contributed by atoms with van der Waals surface area (Å²) in [5.74, 6) is 0.752. The van der Waals surface area contributed by atoms with E-state index in [-0.39, 0.29) is 11.8 Å². The molecule has 1 saturated heterocycles. The Labute approximate surface area is 146 Å². The van der Waals surface area contributed by atoms with Crippen LogP contribution in [0.5, 0.6) is 0 Å². The monoisotopic (exact) mass is 345 g/mol. The summed E-state index contributed by atoms with van der Waals surface area (Å²) >= 11 is 1.64. The van der Waals surface area contributed by atoms with Crippen LogP contribution in [-0.2, 0) is 9.59 Å². The van der Waals surface area contributed by atoms with Crippen LogP contribution < -0.4 is 5.32 Å². The normalized spacial score (nSPS) is 15.7. The molecule has 0 bridgehead atoms. The maximum Gasteiger partial charge on any atom is 0.224 e. The van der Waals surface area contributed by atoms with E-state index in [1.165, 1.54) is 0 Å². The first kappa shape index (κ1) is 16.9. The fourth-order valence-electron chi connectivity index (χ4n) is 3.21. The Kier molecular flexibility index (Phi) is 5.14. The first-order valence-electron chi connectivity index (χ1n) is 8.44. The molecule has 1 aliphatic heterocycles. The number of nitrogens with zero attached hydrogens (tertiary/aromatic N) is 2. The number of hydrogen-bond donors (Lipinski definition) is 1. The van der Waals surface area contributed by atoms with E-state index in [0.29, 0.717) is 12.3 Å². The van der Waals surface area contributed by atoms with Crippen molar-refractivity contribution in [2.75, 3.05) is 18.4 Å². The molecular formula is C18H23N3O2S. The Hall–Kier alpha value is -1.95.